The Labute approximate surface area is 155 Å². The van der Waals surface area contributed by atoms with Gasteiger partial charge in [-0.2, -0.15) is 0 Å². The molecule has 132 valence electrons. The van der Waals surface area contributed by atoms with E-state index in [9.17, 15) is 0 Å². The molecule has 0 aromatic heterocycles. The smallest absolute Gasteiger partial charge is 0.118 e. The fraction of sp³-hybridized carbons (Fsp3) is 0.364. The summed E-state index contributed by atoms with van der Waals surface area (Å²) in [6.07, 6.45) is 8.56. The van der Waals surface area contributed by atoms with Crippen LogP contribution < -0.4 is 4.74 Å². The number of hydrogen-bond acceptors (Lipinski definition) is 3. The molecule has 2 nitrogen and oxygen atoms in total. The van der Waals surface area contributed by atoms with Crippen molar-refractivity contribution < 1.29 is 4.74 Å². The Morgan fingerprint density at radius 1 is 1.00 bits per heavy atom. The quantitative estimate of drug-likeness (QED) is 0.668. The molecule has 2 aromatic carbocycles. The first-order chi connectivity index (χ1) is 12.3. The van der Waals surface area contributed by atoms with E-state index < -0.39 is 0 Å². The van der Waals surface area contributed by atoms with Crippen molar-refractivity contribution in [3.8, 4) is 5.75 Å². The Balaban J connectivity index is 1.93. The number of benzene rings is 2. The zero-order valence-corrected chi connectivity index (χ0v) is 16.0. The van der Waals surface area contributed by atoms with Gasteiger partial charge in [0.15, 0.2) is 0 Å². The van der Waals surface area contributed by atoms with Crippen LogP contribution in [0.4, 0.5) is 0 Å². The largest absolute Gasteiger partial charge is 0.497 e. The first-order valence-electron chi connectivity index (χ1n) is 9.01. The van der Waals surface area contributed by atoms with E-state index in [4.69, 9.17) is 4.74 Å². The van der Waals surface area contributed by atoms with E-state index in [0.717, 1.165) is 5.75 Å². The maximum atomic E-state index is 5.29. The molecule has 0 saturated carbocycles. The van der Waals surface area contributed by atoms with Crippen LogP contribution in [0.15, 0.2) is 60.7 Å². The van der Waals surface area contributed by atoms with E-state index in [1.165, 1.54) is 48.4 Å². The van der Waals surface area contributed by atoms with Crippen molar-refractivity contribution in [2.45, 2.75) is 25.3 Å². The molecule has 0 amide bonds. The monoisotopic (exact) mass is 353 g/mol. The molecule has 2 aromatic rings. The second-order valence-corrected chi connectivity index (χ2v) is 7.26. The molecule has 3 rings (SSSR count). The van der Waals surface area contributed by atoms with Gasteiger partial charge in [-0.25, -0.2) is 0 Å². The summed E-state index contributed by atoms with van der Waals surface area (Å²) in [7, 11) is 1.71. The third-order valence-electron chi connectivity index (χ3n) is 4.83. The second-order valence-electron chi connectivity index (χ2n) is 6.42. The average Bonchev–Trinajstić information content (AvgIpc) is 2.70. The molecule has 0 bridgehead atoms. The van der Waals surface area contributed by atoms with Gasteiger partial charge >= 0.3 is 0 Å². The predicted octanol–water partition coefficient (Wildman–Crippen LogP) is 5.63. The molecule has 25 heavy (non-hydrogen) atoms. The zero-order chi connectivity index (χ0) is 17.5. The highest BCUT2D eigenvalue weighted by atomic mass is 32.2. The van der Waals surface area contributed by atoms with Gasteiger partial charge in [-0.05, 0) is 61.5 Å². The average molecular weight is 354 g/mol. The Morgan fingerprint density at radius 3 is 2.28 bits per heavy atom. The summed E-state index contributed by atoms with van der Waals surface area (Å²) in [6, 6.07) is 19.6. The molecule has 0 N–H and O–H groups in total. The van der Waals surface area contributed by atoms with Crippen molar-refractivity contribution in [2.24, 2.45) is 0 Å². The summed E-state index contributed by atoms with van der Waals surface area (Å²) in [5, 5.41) is 0. The van der Waals surface area contributed by atoms with Gasteiger partial charge in [0.25, 0.3) is 0 Å². The number of piperidine rings is 1. The van der Waals surface area contributed by atoms with E-state index in [2.05, 4.69) is 59.7 Å². The number of methoxy groups -OCH3 is 1. The number of rotatable bonds is 6. The number of thioether (sulfide) groups is 1. The molecule has 1 heterocycles. The van der Waals surface area contributed by atoms with Gasteiger partial charge < -0.3 is 4.74 Å². The summed E-state index contributed by atoms with van der Waals surface area (Å²) in [6.45, 7) is 2.36. The molecule has 3 heteroatoms. The minimum absolute atomic E-state index is 0.339. The lowest BCUT2D eigenvalue weighted by atomic mass is 10.0. The van der Waals surface area contributed by atoms with Crippen LogP contribution in [-0.2, 0) is 0 Å². The maximum Gasteiger partial charge on any atom is 0.118 e. The van der Waals surface area contributed by atoms with Crippen LogP contribution in [-0.4, -0.2) is 31.4 Å². The van der Waals surface area contributed by atoms with Crippen LogP contribution in [0.1, 0.15) is 36.4 Å². The third kappa shape index (κ3) is 4.68. The molecule has 0 spiro atoms. The van der Waals surface area contributed by atoms with E-state index in [-0.39, 0.29) is 0 Å². The van der Waals surface area contributed by atoms with Crippen molar-refractivity contribution in [1.29, 1.82) is 0 Å². The number of ether oxygens (including phenoxy) is 1. The van der Waals surface area contributed by atoms with Gasteiger partial charge in [-0.3, -0.25) is 4.90 Å². The Morgan fingerprint density at radius 2 is 1.68 bits per heavy atom. The minimum Gasteiger partial charge on any atom is -0.497 e. The van der Waals surface area contributed by atoms with Crippen LogP contribution >= 0.6 is 11.8 Å². The molecule has 1 unspecified atom stereocenters. The van der Waals surface area contributed by atoms with Gasteiger partial charge in [0.2, 0.25) is 0 Å². The number of likely N-dealkylation sites (tertiary alicyclic amines) is 1. The standard InChI is InChI=1S/C22H27NOS/c1-24-20-13-11-19(12-14-20)22(25-2)17-21(18-9-5-3-6-10-18)23-15-7-4-8-16-23/h3,5-6,9-14,17,21H,4,7-8,15-16H2,1-2H3/b22-17-. The summed E-state index contributed by atoms with van der Waals surface area (Å²) in [5.74, 6) is 0.903. The first-order valence-corrected chi connectivity index (χ1v) is 10.2. The van der Waals surface area contributed by atoms with Crippen LogP contribution in [0.2, 0.25) is 0 Å². The van der Waals surface area contributed by atoms with Crippen molar-refractivity contribution in [2.75, 3.05) is 26.5 Å². The van der Waals surface area contributed by atoms with Crippen molar-refractivity contribution >= 4 is 16.7 Å². The van der Waals surface area contributed by atoms with Crippen LogP contribution in [0.3, 0.4) is 0 Å². The van der Waals surface area contributed by atoms with E-state index in [1.54, 1.807) is 7.11 Å². The summed E-state index contributed by atoms with van der Waals surface area (Å²) in [4.78, 5) is 3.94. The van der Waals surface area contributed by atoms with Crippen LogP contribution in [0.25, 0.3) is 4.91 Å². The van der Waals surface area contributed by atoms with Crippen molar-refractivity contribution in [1.82, 2.24) is 4.90 Å². The van der Waals surface area contributed by atoms with Gasteiger partial charge in [-0.15, -0.1) is 11.8 Å². The second kappa shape index (κ2) is 9.12. The van der Waals surface area contributed by atoms with Gasteiger partial charge in [-0.1, -0.05) is 48.9 Å². The Kier molecular flexibility index (Phi) is 6.60. The van der Waals surface area contributed by atoms with Crippen LogP contribution in [0.5, 0.6) is 5.75 Å². The van der Waals surface area contributed by atoms with E-state index >= 15 is 0 Å². The third-order valence-corrected chi connectivity index (χ3v) is 5.64. The molecule has 1 saturated heterocycles. The molecule has 0 radical (unpaired) electrons. The van der Waals surface area contributed by atoms with E-state index in [0.29, 0.717) is 6.04 Å². The Bertz CT molecular complexity index is 675. The first kappa shape index (κ1) is 18.1. The Hall–Kier alpha value is -1.71. The topological polar surface area (TPSA) is 12.5 Å². The molecule has 0 aliphatic carbocycles. The SMILES string of the molecule is COc1ccc(/C(=C/C(c2ccccc2)N2CCCCC2)SC)cc1. The highest BCUT2D eigenvalue weighted by Crippen LogP contribution is 2.33. The zero-order valence-electron chi connectivity index (χ0n) is 15.2. The normalized spacial score (nSPS) is 17.3. The lowest BCUT2D eigenvalue weighted by molar-refractivity contribution is 0.192. The van der Waals surface area contributed by atoms with Gasteiger partial charge in [0.1, 0.15) is 5.75 Å². The summed E-state index contributed by atoms with van der Waals surface area (Å²) in [5.41, 5.74) is 2.63. The molecule has 1 aliphatic rings. The minimum atomic E-state index is 0.339. The summed E-state index contributed by atoms with van der Waals surface area (Å²) >= 11 is 1.82. The molecule has 1 fully saturated rings. The highest BCUT2D eigenvalue weighted by molar-refractivity contribution is 8.07. The fourth-order valence-corrected chi connectivity index (χ4v) is 4.08. The lowest BCUT2D eigenvalue weighted by Gasteiger charge is -2.33. The van der Waals surface area contributed by atoms with E-state index in [1.807, 2.05) is 23.9 Å². The predicted molar refractivity (Wildman–Crippen MR) is 109 cm³/mol. The van der Waals surface area contributed by atoms with Gasteiger partial charge in [0.05, 0.1) is 13.2 Å². The molecular formula is C22H27NOS. The molecule has 1 atom stereocenters. The lowest BCUT2D eigenvalue weighted by Crippen LogP contribution is -2.33. The van der Waals surface area contributed by atoms with Crippen molar-refractivity contribution in [3.63, 3.8) is 0 Å². The van der Waals surface area contributed by atoms with Gasteiger partial charge in [0, 0.05) is 4.91 Å². The molecular weight excluding hydrogens is 326 g/mol. The molecule has 1 aliphatic heterocycles. The van der Waals surface area contributed by atoms with Crippen LogP contribution in [0, 0.1) is 0 Å². The summed E-state index contributed by atoms with van der Waals surface area (Å²) < 4.78 is 5.29. The number of nitrogens with zero attached hydrogens (tertiary/aromatic N) is 1. The number of hydrogen-bond donors (Lipinski definition) is 0. The van der Waals surface area contributed by atoms with Crippen molar-refractivity contribution in [3.05, 3.63) is 71.8 Å². The fourth-order valence-electron chi connectivity index (χ4n) is 3.44. The maximum absolute atomic E-state index is 5.29. The highest BCUT2D eigenvalue weighted by Gasteiger charge is 2.21.